The molecule has 0 saturated carbocycles. The number of nitrogens with one attached hydrogen (secondary N) is 5. The number of alkyl carbamates (subject to hydrolysis) is 1. The predicted octanol–water partition coefficient (Wildman–Crippen LogP) is 11.8. The molecule has 24 nitrogen and oxygen atoms in total. The predicted molar refractivity (Wildman–Crippen MR) is 338 cm³/mol. The van der Waals surface area contributed by atoms with Gasteiger partial charge in [-0.3, -0.25) is 38.0 Å². The number of ether oxygens (including phenoxy) is 3. The molecular formula is C63H104N9O15P. The molecule has 0 saturated heterocycles. The number of esters is 2. The summed E-state index contributed by atoms with van der Waals surface area (Å²) in [5, 5.41) is 20.1. The molecule has 0 aliphatic rings. The quantitative estimate of drug-likeness (QED) is 0.0113. The van der Waals surface area contributed by atoms with E-state index in [0.29, 0.717) is 24.2 Å². The number of aliphatic carboxylic acids is 1. The lowest BCUT2D eigenvalue weighted by molar-refractivity contribution is -0.161. The van der Waals surface area contributed by atoms with Gasteiger partial charge in [0.1, 0.15) is 19.3 Å². The number of carboxylic acids is 1. The number of amides is 3. The number of nitrogen functional groups attached to an aromatic ring is 1. The van der Waals surface area contributed by atoms with Gasteiger partial charge >= 0.3 is 31.8 Å². The van der Waals surface area contributed by atoms with E-state index in [2.05, 4.69) is 55.1 Å². The minimum Gasteiger partial charge on any atom is -0.480 e. The normalized spacial score (nSPS) is 12.6. The summed E-state index contributed by atoms with van der Waals surface area (Å²) in [6.45, 7) is 2.51. The van der Waals surface area contributed by atoms with Gasteiger partial charge in [-0.05, 0) is 43.5 Å². The minimum absolute atomic E-state index is 0.0236. The molecule has 3 rings (SSSR count). The number of anilines is 2. The zero-order valence-corrected chi connectivity index (χ0v) is 53.5. The Bertz CT molecular complexity index is 2560. The van der Waals surface area contributed by atoms with Gasteiger partial charge in [0.05, 0.1) is 38.2 Å². The molecule has 9 N–H and O–H groups in total. The summed E-state index contributed by atoms with van der Waals surface area (Å²) in [7, 11) is -4.75. The second-order valence-electron chi connectivity index (χ2n) is 22.5. The average Bonchev–Trinajstić information content (AvgIpc) is 3.10. The third-order valence-electron chi connectivity index (χ3n) is 14.8. The fourth-order valence-corrected chi connectivity index (χ4v) is 10.4. The number of aromatic nitrogens is 4. The van der Waals surface area contributed by atoms with Crippen molar-refractivity contribution >= 4 is 66.4 Å². The largest absolute Gasteiger partial charge is 0.480 e. The number of rotatable bonds is 54. The number of unbranched alkanes of at least 4 members (excludes halogenated alkanes) is 28. The number of phosphoric ester groups is 1. The average molecular weight is 1260 g/mol. The van der Waals surface area contributed by atoms with E-state index >= 15 is 0 Å². The number of hydrogen-bond acceptors (Lipinski definition) is 18. The van der Waals surface area contributed by atoms with Crippen molar-refractivity contribution in [3.63, 3.8) is 0 Å². The monoisotopic (exact) mass is 1260 g/mol. The molecule has 2 unspecified atom stereocenters. The molecule has 0 aliphatic heterocycles. The lowest BCUT2D eigenvalue weighted by atomic mass is 10.0. The summed E-state index contributed by atoms with van der Waals surface area (Å²) in [4.78, 5) is 113. The van der Waals surface area contributed by atoms with E-state index in [4.69, 9.17) is 29.0 Å². The van der Waals surface area contributed by atoms with Crippen LogP contribution in [0, 0.1) is 0 Å². The highest BCUT2D eigenvalue weighted by molar-refractivity contribution is 7.47. The van der Waals surface area contributed by atoms with Crippen LogP contribution in [0.4, 0.5) is 16.4 Å². The summed E-state index contributed by atoms with van der Waals surface area (Å²) >= 11 is 0. The van der Waals surface area contributed by atoms with Crippen LogP contribution in [0.2, 0.25) is 0 Å². The van der Waals surface area contributed by atoms with Crippen LogP contribution in [-0.2, 0) is 53.5 Å². The van der Waals surface area contributed by atoms with E-state index in [-0.39, 0.29) is 81.2 Å². The van der Waals surface area contributed by atoms with Crippen LogP contribution in [0.25, 0.3) is 11.2 Å². The first kappa shape index (κ1) is 76.0. The van der Waals surface area contributed by atoms with Crippen molar-refractivity contribution in [1.82, 2.24) is 35.9 Å². The summed E-state index contributed by atoms with van der Waals surface area (Å²) < 4.78 is 39.0. The number of H-pyrrole nitrogens is 1. The Morgan fingerprint density at radius 3 is 1.67 bits per heavy atom. The van der Waals surface area contributed by atoms with Crippen molar-refractivity contribution in [3.8, 4) is 0 Å². The molecule has 25 heteroatoms. The Hall–Kier alpha value is -6.23. The van der Waals surface area contributed by atoms with Gasteiger partial charge in [0, 0.05) is 37.1 Å². The first-order valence-corrected chi connectivity index (χ1v) is 34.1. The zero-order chi connectivity index (χ0) is 63.9. The third kappa shape index (κ3) is 37.6. The van der Waals surface area contributed by atoms with Gasteiger partial charge in [0.25, 0.3) is 11.5 Å². The van der Waals surface area contributed by atoms with Crippen LogP contribution < -0.4 is 32.6 Å². The van der Waals surface area contributed by atoms with Crippen LogP contribution >= 0.6 is 7.82 Å². The van der Waals surface area contributed by atoms with Gasteiger partial charge in [-0.1, -0.05) is 194 Å². The Balaban J connectivity index is 1.31. The molecule has 3 atom stereocenters. The number of hydrogen-bond donors (Lipinski definition) is 8. The second-order valence-corrected chi connectivity index (χ2v) is 24.0. The molecule has 2 aromatic heterocycles. The van der Waals surface area contributed by atoms with Crippen LogP contribution in [0.3, 0.4) is 0 Å². The van der Waals surface area contributed by atoms with Crippen molar-refractivity contribution in [3.05, 3.63) is 52.1 Å². The van der Waals surface area contributed by atoms with E-state index in [1.807, 2.05) is 0 Å². The maximum absolute atomic E-state index is 12.9. The van der Waals surface area contributed by atoms with Crippen molar-refractivity contribution in [2.45, 2.75) is 251 Å². The topological polar surface area (TPSA) is 352 Å². The summed E-state index contributed by atoms with van der Waals surface area (Å²) in [5.41, 5.74) is 6.32. The van der Waals surface area contributed by atoms with E-state index in [1.165, 1.54) is 160 Å². The molecule has 2 heterocycles. The van der Waals surface area contributed by atoms with Gasteiger partial charge in [0.2, 0.25) is 11.9 Å². The molecular weight excluding hydrogens is 1150 g/mol. The minimum atomic E-state index is -4.75. The number of carbonyl (C=O) groups excluding carboxylic acids is 5. The lowest BCUT2D eigenvalue weighted by Crippen LogP contribution is -2.41. The Morgan fingerprint density at radius 1 is 0.625 bits per heavy atom. The molecule has 88 heavy (non-hydrogen) atoms. The number of carbonyl (C=O) groups is 6. The number of fused-ring (bicyclic) bond motifs is 1. The highest BCUT2D eigenvalue weighted by Crippen LogP contribution is 2.43. The van der Waals surface area contributed by atoms with Crippen LogP contribution in [0.1, 0.15) is 248 Å². The smallest absolute Gasteiger partial charge is 0.472 e. The molecule has 0 fully saturated rings. The molecule has 0 radical (unpaired) electrons. The molecule has 0 spiro atoms. The second kappa shape index (κ2) is 47.7. The van der Waals surface area contributed by atoms with E-state index < -0.39 is 74.6 Å². The summed E-state index contributed by atoms with van der Waals surface area (Å²) in [5.74, 6) is -3.71. The molecule has 0 aliphatic carbocycles. The highest BCUT2D eigenvalue weighted by atomic mass is 31.2. The maximum Gasteiger partial charge on any atom is 0.472 e. The first-order chi connectivity index (χ1) is 42.6. The first-order valence-electron chi connectivity index (χ1n) is 32.6. The van der Waals surface area contributed by atoms with E-state index in [9.17, 15) is 48.1 Å². The van der Waals surface area contributed by atoms with Crippen LogP contribution in [0.5, 0.6) is 0 Å². The summed E-state index contributed by atoms with van der Waals surface area (Å²) in [6, 6.07) is 4.72. The number of benzene rings is 1. The number of carboxylic acid groups (broad SMARTS) is 1. The molecule has 3 amide bonds. The van der Waals surface area contributed by atoms with Crippen molar-refractivity contribution in [2.24, 2.45) is 0 Å². The molecule has 496 valence electrons. The number of aromatic amines is 1. The standard InChI is InChI=1S/C63H104N9O15P/c1-3-5-7-9-11-13-15-17-19-21-23-25-27-29-31-33-55(74)84-47-52(87-56(75)34-32-30-28-26-24-22-20-18-16-14-12-10-8-6-4-2)48-86-88(81,82)85-44-42-66-63(80)83-43-41-65-54(73)40-39-53(61(78)79)70-59(76)49-35-37-50(38-36-49)67-45-51-46-68-58-57(69-51)60(77)72-62(64)71-58/h35-38,46,52-53,67H,3-34,39-45,47-48H2,1-2H3,(H,65,73)(H,66,80)(H,70,76)(H,78,79)(H,81,82)(H3,64,68,71,72,77)/t52-,53?/m1/s1. The molecule has 0 bridgehead atoms. The van der Waals surface area contributed by atoms with Crippen molar-refractivity contribution in [1.29, 1.82) is 0 Å². The van der Waals surface area contributed by atoms with E-state index in [0.717, 1.165) is 38.5 Å². The van der Waals surface area contributed by atoms with Gasteiger partial charge in [0.15, 0.2) is 17.3 Å². The zero-order valence-electron chi connectivity index (χ0n) is 52.6. The molecule has 1 aromatic carbocycles. The van der Waals surface area contributed by atoms with E-state index in [1.54, 1.807) is 12.1 Å². The number of nitrogens with zero attached hydrogens (tertiary/aromatic N) is 3. The SMILES string of the molecule is CCCCCCCCCCCCCCCCCC(=O)OC[C@H](COP(=O)(O)OCCNC(=O)OCCNC(=O)CCC(NC(=O)c1ccc(NCc2cnc3nc(N)[nH]c(=O)c3n2)cc1)C(=O)O)OC(=O)CCCCCCCCCCCCCCCCC. The fraction of sp³-hybridized carbons (Fsp3) is 0.714. The maximum atomic E-state index is 12.9. The van der Waals surface area contributed by atoms with Gasteiger partial charge < -0.3 is 51.2 Å². The summed E-state index contributed by atoms with van der Waals surface area (Å²) in [6.07, 6.45) is 34.9. The Morgan fingerprint density at radius 2 is 1.14 bits per heavy atom. The van der Waals surface area contributed by atoms with Gasteiger partial charge in [-0.15, -0.1) is 0 Å². The van der Waals surface area contributed by atoms with Crippen LogP contribution in [0.15, 0.2) is 35.3 Å². The van der Waals surface area contributed by atoms with Gasteiger partial charge in [-0.2, -0.15) is 4.98 Å². The van der Waals surface area contributed by atoms with Crippen molar-refractivity contribution in [2.75, 3.05) is 50.6 Å². The lowest BCUT2D eigenvalue weighted by Gasteiger charge is -2.20. The number of nitrogens with two attached hydrogens (primary N) is 1. The fourth-order valence-electron chi connectivity index (χ4n) is 9.67. The van der Waals surface area contributed by atoms with Gasteiger partial charge in [-0.25, -0.2) is 24.1 Å². The molecule has 3 aromatic rings. The Labute approximate surface area is 520 Å². The highest BCUT2D eigenvalue weighted by Gasteiger charge is 2.27. The Kier molecular flexibility index (Phi) is 41.2. The number of phosphoric acid groups is 1. The third-order valence-corrected chi connectivity index (χ3v) is 15.8. The van der Waals surface area contributed by atoms with Crippen LogP contribution in [-0.4, -0.2) is 117 Å². The van der Waals surface area contributed by atoms with Crippen molar-refractivity contribution < 1.29 is 66.6 Å².